The van der Waals surface area contributed by atoms with Crippen molar-refractivity contribution in [3.8, 4) is 0 Å². The van der Waals surface area contributed by atoms with E-state index in [2.05, 4.69) is 11.7 Å². The van der Waals surface area contributed by atoms with Crippen LogP contribution in [-0.2, 0) is 14.3 Å². The third-order valence-electron chi connectivity index (χ3n) is 3.11. The van der Waals surface area contributed by atoms with E-state index in [9.17, 15) is 9.59 Å². The summed E-state index contributed by atoms with van der Waals surface area (Å²) in [7, 11) is 1.40. The number of hydrogen-bond acceptors (Lipinski definition) is 3. The minimum absolute atomic E-state index is 0.185. The highest BCUT2D eigenvalue weighted by atomic mass is 16.5. The van der Waals surface area contributed by atoms with Gasteiger partial charge in [-0.1, -0.05) is 13.3 Å². The number of unbranched alkanes of at least 4 members (excludes halogenated alkanes) is 1. The Kier molecular flexibility index (Phi) is 5.29. The van der Waals surface area contributed by atoms with Gasteiger partial charge in [-0.3, -0.25) is 9.59 Å². The Morgan fingerprint density at radius 2 is 2.31 bits per heavy atom. The number of amides is 1. The topological polar surface area (TPSA) is 46.6 Å². The maximum Gasteiger partial charge on any atom is 0.305 e. The predicted octanol–water partition coefficient (Wildman–Crippen LogP) is 1.73. The second-order valence-corrected chi connectivity index (χ2v) is 4.25. The number of carbonyl (C=O) groups is 2. The predicted molar refractivity (Wildman–Crippen MR) is 60.9 cm³/mol. The molecule has 1 unspecified atom stereocenters. The quantitative estimate of drug-likeness (QED) is 0.649. The third kappa shape index (κ3) is 3.51. The van der Waals surface area contributed by atoms with E-state index in [-0.39, 0.29) is 17.9 Å². The summed E-state index contributed by atoms with van der Waals surface area (Å²) in [5, 5.41) is 0. The van der Waals surface area contributed by atoms with Crippen molar-refractivity contribution in [2.24, 2.45) is 0 Å². The van der Waals surface area contributed by atoms with E-state index in [1.807, 2.05) is 4.90 Å². The molecule has 1 amide bonds. The van der Waals surface area contributed by atoms with Crippen molar-refractivity contribution in [2.75, 3.05) is 13.7 Å². The Bertz CT molecular complexity index is 253. The molecule has 1 fully saturated rings. The smallest absolute Gasteiger partial charge is 0.305 e. The number of ether oxygens (including phenoxy) is 1. The molecule has 92 valence electrons. The average Bonchev–Trinajstić information content (AvgIpc) is 2.64. The molecule has 0 bridgehead atoms. The van der Waals surface area contributed by atoms with Crippen molar-refractivity contribution in [1.29, 1.82) is 0 Å². The van der Waals surface area contributed by atoms with Crippen LogP contribution in [0.1, 0.15) is 45.4 Å². The van der Waals surface area contributed by atoms with Crippen LogP contribution < -0.4 is 0 Å². The van der Waals surface area contributed by atoms with Crippen LogP contribution in [0, 0.1) is 0 Å². The summed E-state index contributed by atoms with van der Waals surface area (Å²) in [6.07, 6.45) is 4.81. The van der Waals surface area contributed by atoms with Crippen molar-refractivity contribution >= 4 is 11.9 Å². The molecule has 0 saturated carbocycles. The molecule has 1 saturated heterocycles. The first-order chi connectivity index (χ1) is 7.69. The molecular weight excluding hydrogens is 206 g/mol. The van der Waals surface area contributed by atoms with Gasteiger partial charge < -0.3 is 9.64 Å². The van der Waals surface area contributed by atoms with E-state index in [0.717, 1.165) is 32.2 Å². The lowest BCUT2D eigenvalue weighted by molar-refractivity contribution is -0.141. The Morgan fingerprint density at radius 3 is 2.94 bits per heavy atom. The van der Waals surface area contributed by atoms with Crippen LogP contribution in [0.3, 0.4) is 0 Å². The van der Waals surface area contributed by atoms with Crippen molar-refractivity contribution < 1.29 is 14.3 Å². The highest BCUT2D eigenvalue weighted by Crippen LogP contribution is 2.23. The van der Waals surface area contributed by atoms with Crippen molar-refractivity contribution in [3.63, 3.8) is 0 Å². The molecule has 4 nitrogen and oxygen atoms in total. The summed E-state index contributed by atoms with van der Waals surface area (Å²) < 4.78 is 4.61. The number of carbonyl (C=O) groups excluding carboxylic acids is 2. The zero-order valence-electron chi connectivity index (χ0n) is 10.2. The van der Waals surface area contributed by atoms with Crippen LogP contribution in [0.4, 0.5) is 0 Å². The van der Waals surface area contributed by atoms with Gasteiger partial charge in [-0.25, -0.2) is 0 Å². The van der Waals surface area contributed by atoms with Gasteiger partial charge in [0.05, 0.1) is 7.11 Å². The average molecular weight is 227 g/mol. The largest absolute Gasteiger partial charge is 0.469 e. The number of rotatable bonds is 6. The van der Waals surface area contributed by atoms with Gasteiger partial charge in [0.2, 0.25) is 5.91 Å². The highest BCUT2D eigenvalue weighted by molar-refractivity contribution is 5.79. The van der Waals surface area contributed by atoms with Crippen LogP contribution in [0.5, 0.6) is 0 Å². The maximum atomic E-state index is 11.6. The maximum absolute atomic E-state index is 11.6. The number of esters is 1. The van der Waals surface area contributed by atoms with Crippen LogP contribution in [0.15, 0.2) is 0 Å². The molecule has 0 aromatic rings. The summed E-state index contributed by atoms with van der Waals surface area (Å²) in [6.45, 7) is 2.95. The lowest BCUT2D eigenvalue weighted by atomic mass is 10.1. The van der Waals surface area contributed by atoms with Gasteiger partial charge >= 0.3 is 5.97 Å². The third-order valence-corrected chi connectivity index (χ3v) is 3.11. The first-order valence-electron chi connectivity index (χ1n) is 6.05. The zero-order valence-corrected chi connectivity index (χ0v) is 10.2. The van der Waals surface area contributed by atoms with E-state index in [1.54, 1.807) is 0 Å². The summed E-state index contributed by atoms with van der Waals surface area (Å²) in [4.78, 5) is 24.6. The fourth-order valence-corrected chi connectivity index (χ4v) is 2.12. The summed E-state index contributed by atoms with van der Waals surface area (Å²) >= 11 is 0. The Labute approximate surface area is 96.9 Å². The fraction of sp³-hybridized carbons (Fsp3) is 0.833. The minimum Gasteiger partial charge on any atom is -0.469 e. The molecule has 0 aliphatic carbocycles. The van der Waals surface area contributed by atoms with Gasteiger partial charge in [0, 0.05) is 25.4 Å². The van der Waals surface area contributed by atoms with Crippen LogP contribution >= 0.6 is 0 Å². The van der Waals surface area contributed by atoms with Gasteiger partial charge in [0.25, 0.3) is 0 Å². The molecule has 1 aliphatic heterocycles. The molecule has 16 heavy (non-hydrogen) atoms. The van der Waals surface area contributed by atoms with Crippen LogP contribution in [0.2, 0.25) is 0 Å². The van der Waals surface area contributed by atoms with E-state index >= 15 is 0 Å². The van der Waals surface area contributed by atoms with Gasteiger partial charge in [-0.05, 0) is 19.3 Å². The minimum atomic E-state index is -0.185. The number of likely N-dealkylation sites (tertiary alicyclic amines) is 1. The fourth-order valence-electron chi connectivity index (χ4n) is 2.12. The molecule has 0 aromatic heterocycles. The molecule has 1 aliphatic rings. The molecule has 1 atom stereocenters. The lowest BCUT2D eigenvalue weighted by Crippen LogP contribution is -2.34. The molecule has 0 spiro atoms. The van der Waals surface area contributed by atoms with E-state index < -0.39 is 0 Å². The van der Waals surface area contributed by atoms with Gasteiger partial charge in [0.15, 0.2) is 0 Å². The lowest BCUT2D eigenvalue weighted by Gasteiger charge is -2.24. The normalized spacial score (nSPS) is 20.2. The summed E-state index contributed by atoms with van der Waals surface area (Å²) in [6, 6.07) is 0.248. The van der Waals surface area contributed by atoms with Gasteiger partial charge in [-0.2, -0.15) is 0 Å². The van der Waals surface area contributed by atoms with Crippen molar-refractivity contribution in [3.05, 3.63) is 0 Å². The Balaban J connectivity index is 2.38. The molecule has 1 heterocycles. The first-order valence-corrected chi connectivity index (χ1v) is 6.05. The zero-order chi connectivity index (χ0) is 12.0. The molecule has 4 heteroatoms. The van der Waals surface area contributed by atoms with Crippen LogP contribution in [0.25, 0.3) is 0 Å². The van der Waals surface area contributed by atoms with Crippen LogP contribution in [-0.4, -0.2) is 36.5 Å². The van der Waals surface area contributed by atoms with Gasteiger partial charge in [0.1, 0.15) is 0 Å². The SMILES string of the molecule is CCCCN1C(=O)CCC1CCC(=O)OC. The number of nitrogens with zero attached hydrogens (tertiary/aromatic N) is 1. The standard InChI is InChI=1S/C12H21NO3/c1-3-4-9-13-10(5-7-11(13)14)6-8-12(15)16-2/h10H,3-9H2,1-2H3. The number of hydrogen-bond donors (Lipinski definition) is 0. The Morgan fingerprint density at radius 1 is 1.56 bits per heavy atom. The Hall–Kier alpha value is -1.06. The van der Waals surface area contributed by atoms with Gasteiger partial charge in [-0.15, -0.1) is 0 Å². The second kappa shape index (κ2) is 6.51. The highest BCUT2D eigenvalue weighted by Gasteiger charge is 2.30. The van der Waals surface area contributed by atoms with Crippen molar-refractivity contribution in [1.82, 2.24) is 4.90 Å². The molecular formula is C12H21NO3. The summed E-state index contributed by atoms with van der Waals surface area (Å²) in [5.41, 5.74) is 0. The van der Waals surface area contributed by atoms with E-state index in [0.29, 0.717) is 12.8 Å². The summed E-state index contributed by atoms with van der Waals surface area (Å²) in [5.74, 6) is 0.0538. The monoisotopic (exact) mass is 227 g/mol. The molecule has 1 rings (SSSR count). The molecule has 0 aromatic carbocycles. The molecule has 0 N–H and O–H groups in total. The first kappa shape index (κ1) is 13.0. The van der Waals surface area contributed by atoms with E-state index in [4.69, 9.17) is 0 Å². The molecule has 0 radical (unpaired) electrons. The number of methoxy groups -OCH3 is 1. The van der Waals surface area contributed by atoms with E-state index in [1.165, 1.54) is 7.11 Å². The van der Waals surface area contributed by atoms with Crippen molar-refractivity contribution in [2.45, 2.75) is 51.5 Å². The second-order valence-electron chi connectivity index (χ2n) is 4.25.